The summed E-state index contributed by atoms with van der Waals surface area (Å²) in [6, 6.07) is 13.4. The first-order valence-corrected chi connectivity index (χ1v) is 9.04. The van der Waals surface area contributed by atoms with Gasteiger partial charge >= 0.3 is 6.36 Å². The van der Waals surface area contributed by atoms with E-state index < -0.39 is 17.7 Å². The number of hydrogen-bond acceptors (Lipinski definition) is 5. The Bertz CT molecular complexity index is 1330. The molecular formula is C22H14F3N3O3. The standard InChI is InChI=1S/C22H14F3N3O3/c1-28-18-12-15(13-2-5-16(6-3-13)31-22(23,24)25)4-7-17(18)27-19(21(28)30)20(29)14-8-10-26-11-9-14/h2-12H,1H3. The lowest BCUT2D eigenvalue weighted by Gasteiger charge is -2.11. The van der Waals surface area contributed by atoms with E-state index in [4.69, 9.17) is 0 Å². The van der Waals surface area contributed by atoms with Crippen molar-refractivity contribution >= 4 is 16.8 Å². The lowest BCUT2D eigenvalue weighted by atomic mass is 10.0. The minimum atomic E-state index is -4.76. The average Bonchev–Trinajstić information content (AvgIpc) is 2.75. The van der Waals surface area contributed by atoms with E-state index in [1.54, 1.807) is 18.2 Å². The van der Waals surface area contributed by atoms with Gasteiger partial charge < -0.3 is 9.30 Å². The Morgan fingerprint density at radius 2 is 1.61 bits per heavy atom. The minimum Gasteiger partial charge on any atom is -0.406 e. The maximum absolute atomic E-state index is 12.8. The molecule has 4 aromatic rings. The van der Waals surface area contributed by atoms with Crippen LogP contribution in [0.2, 0.25) is 0 Å². The van der Waals surface area contributed by atoms with Crippen LogP contribution in [0.15, 0.2) is 71.8 Å². The maximum atomic E-state index is 12.8. The number of ketones is 1. The smallest absolute Gasteiger partial charge is 0.406 e. The third-order valence-electron chi connectivity index (χ3n) is 4.66. The van der Waals surface area contributed by atoms with Crippen LogP contribution >= 0.6 is 0 Å². The van der Waals surface area contributed by atoms with Crippen molar-refractivity contribution in [3.8, 4) is 16.9 Å². The number of carbonyl (C=O) groups excluding carboxylic acids is 1. The van der Waals surface area contributed by atoms with Crippen LogP contribution in [0.4, 0.5) is 13.2 Å². The fraction of sp³-hybridized carbons (Fsp3) is 0.0909. The van der Waals surface area contributed by atoms with Crippen molar-refractivity contribution in [3.63, 3.8) is 0 Å². The molecule has 156 valence electrons. The summed E-state index contributed by atoms with van der Waals surface area (Å²) in [5, 5.41) is 0. The second-order valence-electron chi connectivity index (χ2n) is 6.67. The fourth-order valence-electron chi connectivity index (χ4n) is 3.14. The molecule has 0 unspecified atom stereocenters. The van der Waals surface area contributed by atoms with Gasteiger partial charge in [0.05, 0.1) is 11.0 Å². The molecule has 0 radical (unpaired) electrons. The highest BCUT2D eigenvalue weighted by atomic mass is 19.4. The minimum absolute atomic E-state index is 0.206. The highest BCUT2D eigenvalue weighted by molar-refractivity contribution is 6.08. The van der Waals surface area contributed by atoms with Crippen LogP contribution in [0.3, 0.4) is 0 Å². The molecule has 2 aromatic carbocycles. The van der Waals surface area contributed by atoms with E-state index in [9.17, 15) is 22.8 Å². The van der Waals surface area contributed by atoms with Crippen LogP contribution in [-0.4, -0.2) is 26.7 Å². The van der Waals surface area contributed by atoms with E-state index in [2.05, 4.69) is 14.7 Å². The van der Waals surface area contributed by atoms with Crippen LogP contribution < -0.4 is 10.3 Å². The molecule has 0 saturated carbocycles. The molecule has 0 aliphatic rings. The van der Waals surface area contributed by atoms with Crippen molar-refractivity contribution in [2.45, 2.75) is 6.36 Å². The van der Waals surface area contributed by atoms with Crippen molar-refractivity contribution in [2.24, 2.45) is 7.05 Å². The van der Waals surface area contributed by atoms with E-state index >= 15 is 0 Å². The number of fused-ring (bicyclic) bond motifs is 1. The number of rotatable bonds is 4. The third-order valence-corrected chi connectivity index (χ3v) is 4.66. The van der Waals surface area contributed by atoms with Crippen LogP contribution in [0, 0.1) is 0 Å². The van der Waals surface area contributed by atoms with Gasteiger partial charge in [-0.15, -0.1) is 13.2 Å². The third kappa shape index (κ3) is 4.16. The summed E-state index contributed by atoms with van der Waals surface area (Å²) in [4.78, 5) is 33.6. The number of halogens is 3. The van der Waals surface area contributed by atoms with Gasteiger partial charge in [0.25, 0.3) is 5.56 Å². The zero-order valence-electron chi connectivity index (χ0n) is 16.1. The summed E-state index contributed by atoms with van der Waals surface area (Å²) >= 11 is 0. The first-order chi connectivity index (χ1) is 14.7. The molecule has 0 aliphatic heterocycles. The summed E-state index contributed by atoms with van der Waals surface area (Å²) in [5.41, 5.74) is 1.74. The number of aromatic nitrogens is 3. The zero-order chi connectivity index (χ0) is 22.2. The Morgan fingerprint density at radius 3 is 2.26 bits per heavy atom. The summed E-state index contributed by atoms with van der Waals surface area (Å²) in [5.74, 6) is -0.834. The number of aryl methyl sites for hydroxylation is 1. The van der Waals surface area contributed by atoms with E-state index in [-0.39, 0.29) is 11.4 Å². The van der Waals surface area contributed by atoms with Crippen molar-refractivity contribution in [1.82, 2.24) is 14.5 Å². The summed E-state index contributed by atoms with van der Waals surface area (Å²) in [6.07, 6.45) is -1.86. The molecule has 2 aromatic heterocycles. The van der Waals surface area contributed by atoms with Crippen LogP contribution in [0.25, 0.3) is 22.2 Å². The first-order valence-electron chi connectivity index (χ1n) is 9.04. The molecule has 0 fully saturated rings. The van der Waals surface area contributed by atoms with Gasteiger partial charge in [-0.05, 0) is 47.5 Å². The quantitative estimate of drug-likeness (QED) is 0.460. The van der Waals surface area contributed by atoms with Crippen LogP contribution in [0.1, 0.15) is 16.1 Å². The molecule has 2 heterocycles. The topological polar surface area (TPSA) is 74.1 Å². The molecule has 9 heteroatoms. The summed E-state index contributed by atoms with van der Waals surface area (Å²) in [6.45, 7) is 0. The largest absolute Gasteiger partial charge is 0.573 e. The zero-order valence-corrected chi connectivity index (χ0v) is 16.1. The fourth-order valence-corrected chi connectivity index (χ4v) is 3.14. The monoisotopic (exact) mass is 425 g/mol. The predicted octanol–water partition coefficient (Wildman–Crippen LogP) is 4.13. The SMILES string of the molecule is Cn1c(=O)c(C(=O)c2ccncc2)nc2ccc(-c3ccc(OC(F)(F)F)cc3)cc21. The Hall–Kier alpha value is -4.01. The summed E-state index contributed by atoms with van der Waals surface area (Å²) in [7, 11) is 1.53. The number of hydrogen-bond donors (Lipinski definition) is 0. The lowest BCUT2D eigenvalue weighted by Crippen LogP contribution is -2.27. The van der Waals surface area contributed by atoms with Gasteiger partial charge in [0.2, 0.25) is 5.78 Å². The Morgan fingerprint density at radius 1 is 0.968 bits per heavy atom. The first kappa shape index (κ1) is 20.3. The van der Waals surface area contributed by atoms with E-state index in [1.807, 2.05) is 0 Å². The normalized spacial score (nSPS) is 11.5. The van der Waals surface area contributed by atoms with E-state index in [0.29, 0.717) is 27.7 Å². The molecule has 31 heavy (non-hydrogen) atoms. The van der Waals surface area contributed by atoms with Gasteiger partial charge in [-0.2, -0.15) is 0 Å². The van der Waals surface area contributed by atoms with Crippen molar-refractivity contribution in [3.05, 3.63) is 88.6 Å². The predicted molar refractivity (Wildman–Crippen MR) is 107 cm³/mol. The van der Waals surface area contributed by atoms with Gasteiger partial charge in [0, 0.05) is 25.0 Å². The van der Waals surface area contributed by atoms with Gasteiger partial charge in [-0.3, -0.25) is 14.6 Å². The van der Waals surface area contributed by atoms with Crippen LogP contribution in [-0.2, 0) is 7.05 Å². The Kier molecular flexibility index (Phi) is 5.02. The summed E-state index contributed by atoms with van der Waals surface area (Å²) < 4.78 is 42.2. The molecule has 4 rings (SSSR count). The molecular weight excluding hydrogens is 411 g/mol. The molecule has 0 aliphatic carbocycles. The number of benzene rings is 2. The lowest BCUT2D eigenvalue weighted by molar-refractivity contribution is -0.274. The Balaban J connectivity index is 1.73. The molecule has 0 bridgehead atoms. The van der Waals surface area contributed by atoms with Crippen molar-refractivity contribution in [2.75, 3.05) is 0 Å². The van der Waals surface area contributed by atoms with Crippen molar-refractivity contribution < 1.29 is 22.7 Å². The van der Waals surface area contributed by atoms with Crippen molar-refractivity contribution in [1.29, 1.82) is 0 Å². The van der Waals surface area contributed by atoms with Gasteiger partial charge in [-0.25, -0.2) is 4.98 Å². The van der Waals surface area contributed by atoms with E-state index in [1.165, 1.54) is 60.4 Å². The number of alkyl halides is 3. The number of pyridine rings is 1. The molecule has 0 N–H and O–H groups in total. The Labute approximate surface area is 173 Å². The molecule has 0 amide bonds. The second-order valence-corrected chi connectivity index (χ2v) is 6.67. The molecule has 0 saturated heterocycles. The number of carbonyl (C=O) groups is 1. The average molecular weight is 425 g/mol. The maximum Gasteiger partial charge on any atom is 0.573 e. The van der Waals surface area contributed by atoms with Crippen LogP contribution in [0.5, 0.6) is 5.75 Å². The van der Waals surface area contributed by atoms with E-state index in [0.717, 1.165) is 0 Å². The molecule has 0 spiro atoms. The van der Waals surface area contributed by atoms with Gasteiger partial charge in [0.15, 0.2) is 5.69 Å². The van der Waals surface area contributed by atoms with Gasteiger partial charge in [-0.1, -0.05) is 18.2 Å². The highest BCUT2D eigenvalue weighted by Crippen LogP contribution is 2.28. The highest BCUT2D eigenvalue weighted by Gasteiger charge is 2.31. The molecule has 6 nitrogen and oxygen atoms in total. The number of nitrogens with zero attached hydrogens (tertiary/aromatic N) is 3. The molecule has 0 atom stereocenters. The number of ether oxygens (including phenoxy) is 1. The van der Waals surface area contributed by atoms with Gasteiger partial charge in [0.1, 0.15) is 5.75 Å². The second kappa shape index (κ2) is 7.67.